The average molecular weight is 330 g/mol. The number of nitrogen functional groups attached to an aromatic ring is 1. The quantitative estimate of drug-likeness (QED) is 0.858. The van der Waals surface area contributed by atoms with Gasteiger partial charge in [0, 0.05) is 20.1 Å². The second kappa shape index (κ2) is 5.13. The number of aromatic nitrogens is 1. The summed E-state index contributed by atoms with van der Waals surface area (Å²) in [5.41, 5.74) is 5.80. The molecule has 1 saturated carbocycles. The summed E-state index contributed by atoms with van der Waals surface area (Å²) in [7, 11) is -1.66. The lowest BCUT2D eigenvalue weighted by molar-refractivity contribution is -0.127. The van der Waals surface area contributed by atoms with Gasteiger partial charge in [-0.1, -0.05) is 0 Å². The van der Waals surface area contributed by atoms with Crippen molar-refractivity contribution in [3.05, 3.63) is 0 Å². The van der Waals surface area contributed by atoms with Crippen LogP contribution in [-0.4, -0.2) is 55.5 Å². The smallest absolute Gasteiger partial charge is 0.241 e. The zero-order chi connectivity index (χ0) is 15.2. The second-order valence-corrected chi connectivity index (χ2v) is 8.45. The molecule has 1 aliphatic carbocycles. The van der Waals surface area contributed by atoms with E-state index >= 15 is 0 Å². The lowest BCUT2D eigenvalue weighted by Crippen LogP contribution is -2.34. The van der Waals surface area contributed by atoms with E-state index in [0.717, 1.165) is 18.0 Å². The van der Waals surface area contributed by atoms with Crippen molar-refractivity contribution in [1.82, 2.24) is 9.27 Å². The summed E-state index contributed by atoms with van der Waals surface area (Å²) in [5, 5.41) is 0.184. The molecule has 7 nitrogen and oxygen atoms in total. The first-order valence-electron chi connectivity index (χ1n) is 6.89. The van der Waals surface area contributed by atoms with Crippen LogP contribution in [0.5, 0.6) is 0 Å². The summed E-state index contributed by atoms with van der Waals surface area (Å²) in [4.78, 5) is 15.6. The van der Waals surface area contributed by atoms with Crippen LogP contribution in [0.2, 0.25) is 0 Å². The van der Waals surface area contributed by atoms with Gasteiger partial charge in [-0.3, -0.25) is 4.79 Å². The molecule has 1 aromatic heterocycles. The Balaban J connectivity index is 1.98. The number of likely N-dealkylation sites (N-methyl/N-ethyl adjacent to an activating group) is 1. The van der Waals surface area contributed by atoms with Gasteiger partial charge in [0.1, 0.15) is 9.90 Å². The molecule has 1 saturated heterocycles. The Bertz CT molecular complexity index is 666. The molecule has 1 aliphatic heterocycles. The van der Waals surface area contributed by atoms with E-state index < -0.39 is 9.84 Å². The van der Waals surface area contributed by atoms with E-state index in [0.29, 0.717) is 30.9 Å². The standard InChI is InChI=1S/C12H18N4O3S2/c1-15-5-2-6-16(7-9(15)17)12-10(11(13)14-20-12)21(18,19)8-3-4-8/h8H,2-7H2,1H3,(H2,13,14). The lowest BCUT2D eigenvalue weighted by atomic mass is 10.4. The van der Waals surface area contributed by atoms with Crippen LogP contribution in [0.25, 0.3) is 0 Å². The van der Waals surface area contributed by atoms with Crippen LogP contribution < -0.4 is 10.6 Å². The SMILES string of the molecule is CN1CCCN(c2snc(N)c2S(=O)(=O)C2CC2)CC1=O. The van der Waals surface area contributed by atoms with Crippen molar-refractivity contribution < 1.29 is 13.2 Å². The summed E-state index contributed by atoms with van der Waals surface area (Å²) in [6.45, 7) is 1.48. The highest BCUT2D eigenvalue weighted by atomic mass is 32.2. The van der Waals surface area contributed by atoms with Gasteiger partial charge in [-0.05, 0) is 30.8 Å². The van der Waals surface area contributed by atoms with Crippen molar-refractivity contribution in [2.75, 3.05) is 37.3 Å². The molecular weight excluding hydrogens is 312 g/mol. The first kappa shape index (κ1) is 14.6. The van der Waals surface area contributed by atoms with E-state index in [4.69, 9.17) is 5.73 Å². The lowest BCUT2D eigenvalue weighted by Gasteiger charge is -2.21. The number of nitrogens with two attached hydrogens (primary N) is 1. The number of hydrogen-bond donors (Lipinski definition) is 1. The van der Waals surface area contributed by atoms with Crippen molar-refractivity contribution in [2.24, 2.45) is 0 Å². The van der Waals surface area contributed by atoms with E-state index in [2.05, 4.69) is 4.37 Å². The fourth-order valence-corrected chi connectivity index (χ4v) is 5.51. The zero-order valence-corrected chi connectivity index (χ0v) is 13.4. The monoisotopic (exact) mass is 330 g/mol. The summed E-state index contributed by atoms with van der Waals surface area (Å²) in [6, 6.07) is 0. The van der Waals surface area contributed by atoms with Gasteiger partial charge in [-0.25, -0.2) is 8.42 Å². The molecule has 0 radical (unpaired) electrons. The molecular formula is C12H18N4O3S2. The summed E-state index contributed by atoms with van der Waals surface area (Å²) in [5.74, 6) is 0.0428. The summed E-state index contributed by atoms with van der Waals surface area (Å²) in [6.07, 6.45) is 2.15. The normalized spacial score (nSPS) is 20.7. The van der Waals surface area contributed by atoms with Crippen LogP contribution >= 0.6 is 11.5 Å². The minimum atomic E-state index is -3.42. The molecule has 0 bridgehead atoms. The number of nitrogens with zero attached hydrogens (tertiary/aromatic N) is 3. The van der Waals surface area contributed by atoms with Gasteiger partial charge in [-0.15, -0.1) is 0 Å². The first-order valence-corrected chi connectivity index (χ1v) is 9.21. The van der Waals surface area contributed by atoms with Crippen molar-refractivity contribution in [1.29, 1.82) is 0 Å². The Morgan fingerprint density at radius 1 is 1.33 bits per heavy atom. The van der Waals surface area contributed by atoms with Crippen molar-refractivity contribution in [3.63, 3.8) is 0 Å². The molecule has 0 aromatic carbocycles. The van der Waals surface area contributed by atoms with Gasteiger partial charge in [0.05, 0.1) is 11.8 Å². The van der Waals surface area contributed by atoms with E-state index in [9.17, 15) is 13.2 Å². The topological polar surface area (TPSA) is 96.6 Å². The molecule has 2 aliphatic rings. The van der Waals surface area contributed by atoms with Crippen molar-refractivity contribution in [3.8, 4) is 0 Å². The predicted molar refractivity (Wildman–Crippen MR) is 81.2 cm³/mol. The Labute approximate surface area is 127 Å². The second-order valence-electron chi connectivity index (χ2n) is 5.54. The summed E-state index contributed by atoms with van der Waals surface area (Å²) < 4.78 is 29.1. The molecule has 21 heavy (non-hydrogen) atoms. The molecule has 2 fully saturated rings. The molecule has 116 valence electrons. The fraction of sp³-hybridized carbons (Fsp3) is 0.667. The van der Waals surface area contributed by atoms with Gasteiger partial charge >= 0.3 is 0 Å². The maximum atomic E-state index is 12.5. The van der Waals surface area contributed by atoms with E-state index in [1.807, 2.05) is 0 Å². The van der Waals surface area contributed by atoms with Crippen LogP contribution in [-0.2, 0) is 14.6 Å². The number of rotatable bonds is 3. The van der Waals surface area contributed by atoms with Gasteiger partial charge < -0.3 is 15.5 Å². The third-order valence-electron chi connectivity index (χ3n) is 3.87. The summed E-state index contributed by atoms with van der Waals surface area (Å²) >= 11 is 1.07. The number of amides is 1. The number of anilines is 2. The van der Waals surface area contributed by atoms with Crippen LogP contribution in [0, 0.1) is 0 Å². The third kappa shape index (κ3) is 2.59. The Morgan fingerprint density at radius 2 is 2.05 bits per heavy atom. The van der Waals surface area contributed by atoms with Gasteiger partial charge in [0.25, 0.3) is 0 Å². The van der Waals surface area contributed by atoms with E-state index in [-0.39, 0.29) is 28.4 Å². The van der Waals surface area contributed by atoms with Crippen molar-refractivity contribution >= 4 is 38.1 Å². The molecule has 0 atom stereocenters. The molecule has 0 spiro atoms. The molecule has 1 aromatic rings. The number of hydrogen-bond acceptors (Lipinski definition) is 7. The Morgan fingerprint density at radius 3 is 2.71 bits per heavy atom. The number of sulfone groups is 1. The Hall–Kier alpha value is -1.35. The Kier molecular flexibility index (Phi) is 3.56. The minimum absolute atomic E-state index is 0.0192. The third-order valence-corrected chi connectivity index (χ3v) is 7.24. The highest BCUT2D eigenvalue weighted by Crippen LogP contribution is 2.42. The van der Waals surface area contributed by atoms with Gasteiger partial charge in [0.15, 0.2) is 15.7 Å². The molecule has 2 heterocycles. The highest BCUT2D eigenvalue weighted by molar-refractivity contribution is 7.92. The fourth-order valence-electron chi connectivity index (χ4n) is 2.46. The van der Waals surface area contributed by atoms with Crippen molar-refractivity contribution in [2.45, 2.75) is 29.4 Å². The average Bonchev–Trinajstić information content (AvgIpc) is 3.21. The van der Waals surface area contributed by atoms with Crippen LogP contribution in [0.3, 0.4) is 0 Å². The molecule has 9 heteroatoms. The molecule has 3 rings (SSSR count). The maximum absolute atomic E-state index is 12.5. The molecule has 2 N–H and O–H groups in total. The first-order chi connectivity index (χ1) is 9.91. The van der Waals surface area contributed by atoms with E-state index in [1.165, 1.54) is 0 Å². The minimum Gasteiger partial charge on any atom is -0.382 e. The van der Waals surface area contributed by atoms with Crippen LogP contribution in [0.1, 0.15) is 19.3 Å². The highest BCUT2D eigenvalue weighted by Gasteiger charge is 2.42. The van der Waals surface area contributed by atoms with Gasteiger partial charge in [0.2, 0.25) is 5.91 Å². The maximum Gasteiger partial charge on any atom is 0.241 e. The predicted octanol–water partition coefficient (Wildman–Crippen LogP) is 0.330. The molecule has 0 unspecified atom stereocenters. The number of carbonyl (C=O) groups excluding carboxylic acids is 1. The largest absolute Gasteiger partial charge is 0.382 e. The van der Waals surface area contributed by atoms with Crippen LogP contribution in [0.4, 0.5) is 10.8 Å². The molecule has 1 amide bonds. The van der Waals surface area contributed by atoms with Crippen LogP contribution in [0.15, 0.2) is 4.90 Å². The zero-order valence-electron chi connectivity index (χ0n) is 11.8. The van der Waals surface area contributed by atoms with Gasteiger partial charge in [-0.2, -0.15) is 4.37 Å². The number of carbonyl (C=O) groups is 1. The van der Waals surface area contributed by atoms with E-state index in [1.54, 1.807) is 16.8 Å².